The zero-order chi connectivity index (χ0) is 18.5. The van der Waals surface area contributed by atoms with Gasteiger partial charge in [0.05, 0.1) is 17.5 Å². The lowest BCUT2D eigenvalue weighted by molar-refractivity contribution is -0.133. The fraction of sp³-hybridized carbons (Fsp3) is 0.550. The number of aromatic nitrogens is 2. The van der Waals surface area contributed by atoms with Crippen LogP contribution in [0, 0.1) is 6.92 Å². The van der Waals surface area contributed by atoms with E-state index in [0.717, 1.165) is 54.8 Å². The number of benzene rings is 1. The molecule has 2 aromatic rings. The van der Waals surface area contributed by atoms with Gasteiger partial charge in [-0.1, -0.05) is 19.4 Å². The lowest BCUT2D eigenvalue weighted by Crippen LogP contribution is -2.37. The number of rotatable bonds is 5. The molecule has 1 N–H and O–H groups in total. The smallest absolute Gasteiger partial charge is 0.227 e. The highest BCUT2D eigenvalue weighted by Crippen LogP contribution is 2.15. The number of H-pyrrole nitrogens is 1. The molecule has 3 rings (SSSR count). The number of fused-ring (bicyclic) bond motifs is 1. The van der Waals surface area contributed by atoms with E-state index >= 15 is 0 Å². The largest absolute Gasteiger partial charge is 0.342 e. The predicted octanol–water partition coefficient (Wildman–Crippen LogP) is 2.66. The van der Waals surface area contributed by atoms with Crippen molar-refractivity contribution in [3.63, 3.8) is 0 Å². The number of aromatic amines is 1. The van der Waals surface area contributed by atoms with Gasteiger partial charge in [-0.3, -0.25) is 9.59 Å². The zero-order valence-corrected chi connectivity index (χ0v) is 15.8. The van der Waals surface area contributed by atoms with Crippen molar-refractivity contribution >= 4 is 22.8 Å². The van der Waals surface area contributed by atoms with Gasteiger partial charge in [0.15, 0.2) is 0 Å². The van der Waals surface area contributed by atoms with Crippen LogP contribution < -0.4 is 0 Å². The van der Waals surface area contributed by atoms with Crippen LogP contribution in [0.2, 0.25) is 0 Å². The summed E-state index contributed by atoms with van der Waals surface area (Å²) >= 11 is 0. The molecular formula is C20H28N4O2. The first-order valence-corrected chi connectivity index (χ1v) is 9.57. The molecule has 0 unspecified atom stereocenters. The number of nitrogens with one attached hydrogen (secondary N) is 1. The number of amides is 2. The molecule has 0 spiro atoms. The highest BCUT2D eigenvalue weighted by atomic mass is 16.2. The fourth-order valence-corrected chi connectivity index (χ4v) is 3.48. The maximum Gasteiger partial charge on any atom is 0.227 e. The Bertz CT molecular complexity index is 783. The molecule has 2 amide bonds. The van der Waals surface area contributed by atoms with Crippen molar-refractivity contribution in [3.05, 3.63) is 29.6 Å². The average Bonchev–Trinajstić information content (AvgIpc) is 2.82. The Hall–Kier alpha value is -2.37. The molecule has 26 heavy (non-hydrogen) atoms. The minimum Gasteiger partial charge on any atom is -0.342 e. The summed E-state index contributed by atoms with van der Waals surface area (Å²) in [4.78, 5) is 36.4. The van der Waals surface area contributed by atoms with E-state index in [1.54, 1.807) is 0 Å². The first-order chi connectivity index (χ1) is 12.6. The molecule has 2 heterocycles. The topological polar surface area (TPSA) is 69.3 Å². The summed E-state index contributed by atoms with van der Waals surface area (Å²) in [5, 5.41) is 0. The van der Waals surface area contributed by atoms with Gasteiger partial charge in [0.1, 0.15) is 5.82 Å². The molecule has 0 aliphatic carbocycles. The second-order valence-electron chi connectivity index (χ2n) is 7.07. The van der Waals surface area contributed by atoms with Crippen LogP contribution in [0.4, 0.5) is 0 Å². The van der Waals surface area contributed by atoms with Crippen LogP contribution in [0.5, 0.6) is 0 Å². The van der Waals surface area contributed by atoms with Crippen molar-refractivity contribution in [2.45, 2.75) is 46.0 Å². The first kappa shape index (κ1) is 18.4. The van der Waals surface area contributed by atoms with Crippen molar-refractivity contribution in [3.8, 4) is 0 Å². The molecule has 1 aliphatic rings. The highest BCUT2D eigenvalue weighted by Gasteiger charge is 2.21. The molecule has 6 nitrogen and oxygen atoms in total. The highest BCUT2D eigenvalue weighted by molar-refractivity contribution is 5.82. The van der Waals surface area contributed by atoms with Crippen molar-refractivity contribution in [1.29, 1.82) is 0 Å². The van der Waals surface area contributed by atoms with E-state index < -0.39 is 0 Å². The van der Waals surface area contributed by atoms with Gasteiger partial charge in [-0.25, -0.2) is 4.98 Å². The quantitative estimate of drug-likeness (QED) is 0.895. The maximum atomic E-state index is 12.7. The second kappa shape index (κ2) is 8.34. The zero-order valence-electron chi connectivity index (χ0n) is 15.8. The number of nitrogens with zero attached hydrogens (tertiary/aromatic N) is 3. The monoisotopic (exact) mass is 356 g/mol. The van der Waals surface area contributed by atoms with Gasteiger partial charge in [0.2, 0.25) is 11.8 Å². The number of unbranched alkanes of at least 4 members (excludes halogenated alkanes) is 1. The molecule has 1 saturated heterocycles. The van der Waals surface area contributed by atoms with E-state index in [2.05, 4.69) is 16.9 Å². The van der Waals surface area contributed by atoms with Gasteiger partial charge in [-0.2, -0.15) is 0 Å². The third-order valence-corrected chi connectivity index (χ3v) is 4.97. The van der Waals surface area contributed by atoms with Crippen molar-refractivity contribution in [2.24, 2.45) is 0 Å². The molecule has 140 valence electrons. The van der Waals surface area contributed by atoms with Crippen molar-refractivity contribution < 1.29 is 9.59 Å². The Morgan fingerprint density at radius 2 is 1.85 bits per heavy atom. The van der Waals surface area contributed by atoms with E-state index in [1.165, 1.54) is 0 Å². The third kappa shape index (κ3) is 4.42. The number of carbonyl (C=O) groups excluding carboxylic acids is 2. The standard InChI is InChI=1S/C20H28N4O2/c1-3-4-6-19(25)23-9-5-10-24(12-11-23)20(26)14-16-7-8-17-18(13-16)22-15(2)21-17/h7-8,13H,3-6,9-12,14H2,1-2H3,(H,21,22). The average molecular weight is 356 g/mol. The summed E-state index contributed by atoms with van der Waals surface area (Å²) in [6, 6.07) is 5.93. The molecule has 0 bridgehead atoms. The summed E-state index contributed by atoms with van der Waals surface area (Å²) in [7, 11) is 0. The lowest BCUT2D eigenvalue weighted by atomic mass is 10.1. The SMILES string of the molecule is CCCCC(=O)N1CCCN(C(=O)Cc2ccc3nc(C)[nH]c3c2)CC1. The Labute approximate surface area is 154 Å². The van der Waals surface area contributed by atoms with E-state index in [0.29, 0.717) is 25.9 Å². The Morgan fingerprint density at radius 3 is 2.58 bits per heavy atom. The second-order valence-corrected chi connectivity index (χ2v) is 7.07. The minimum absolute atomic E-state index is 0.128. The minimum atomic E-state index is 0.128. The molecule has 6 heteroatoms. The van der Waals surface area contributed by atoms with Crippen LogP contribution in [0.15, 0.2) is 18.2 Å². The first-order valence-electron chi connectivity index (χ1n) is 9.57. The van der Waals surface area contributed by atoms with Crippen molar-refractivity contribution in [1.82, 2.24) is 19.8 Å². The molecule has 0 atom stereocenters. The predicted molar refractivity (Wildman–Crippen MR) is 102 cm³/mol. The number of imidazole rings is 1. The van der Waals surface area contributed by atoms with Gasteiger partial charge >= 0.3 is 0 Å². The maximum absolute atomic E-state index is 12.7. The third-order valence-electron chi connectivity index (χ3n) is 4.97. The number of hydrogen-bond donors (Lipinski definition) is 1. The van der Waals surface area contributed by atoms with E-state index in [9.17, 15) is 9.59 Å². The van der Waals surface area contributed by atoms with Gasteiger partial charge in [0.25, 0.3) is 0 Å². The Kier molecular flexibility index (Phi) is 5.91. The molecular weight excluding hydrogens is 328 g/mol. The van der Waals surface area contributed by atoms with Gasteiger partial charge in [-0.15, -0.1) is 0 Å². The van der Waals surface area contributed by atoms with Crippen LogP contribution in [0.25, 0.3) is 11.0 Å². The molecule has 1 aliphatic heterocycles. The summed E-state index contributed by atoms with van der Waals surface area (Å²) in [6.45, 7) is 6.77. The van der Waals surface area contributed by atoms with Crippen LogP contribution in [0.1, 0.15) is 44.0 Å². The van der Waals surface area contributed by atoms with Gasteiger partial charge in [0, 0.05) is 32.6 Å². The fourth-order valence-electron chi connectivity index (χ4n) is 3.48. The van der Waals surface area contributed by atoms with E-state index in [-0.39, 0.29) is 11.8 Å². The normalized spacial score (nSPS) is 15.3. The number of aryl methyl sites for hydroxylation is 1. The lowest BCUT2D eigenvalue weighted by Gasteiger charge is -2.22. The summed E-state index contributed by atoms with van der Waals surface area (Å²) in [5.74, 6) is 1.23. The van der Waals surface area contributed by atoms with Crippen LogP contribution >= 0.6 is 0 Å². The molecule has 1 aromatic carbocycles. The van der Waals surface area contributed by atoms with Crippen LogP contribution in [-0.2, 0) is 16.0 Å². The summed E-state index contributed by atoms with van der Waals surface area (Å²) in [6.07, 6.45) is 3.83. The van der Waals surface area contributed by atoms with Crippen LogP contribution in [0.3, 0.4) is 0 Å². The Balaban J connectivity index is 1.58. The van der Waals surface area contributed by atoms with E-state index in [1.807, 2.05) is 34.9 Å². The molecule has 0 saturated carbocycles. The van der Waals surface area contributed by atoms with Gasteiger partial charge in [-0.05, 0) is 37.5 Å². The summed E-state index contributed by atoms with van der Waals surface area (Å²) in [5.41, 5.74) is 2.89. The van der Waals surface area contributed by atoms with Gasteiger partial charge < -0.3 is 14.8 Å². The Morgan fingerprint density at radius 1 is 1.12 bits per heavy atom. The molecule has 1 fully saturated rings. The molecule has 1 aromatic heterocycles. The summed E-state index contributed by atoms with van der Waals surface area (Å²) < 4.78 is 0. The number of hydrogen-bond acceptors (Lipinski definition) is 3. The van der Waals surface area contributed by atoms with Crippen LogP contribution in [-0.4, -0.2) is 57.8 Å². The number of carbonyl (C=O) groups is 2. The van der Waals surface area contributed by atoms with Crippen molar-refractivity contribution in [2.75, 3.05) is 26.2 Å². The molecule has 0 radical (unpaired) electrons. The van der Waals surface area contributed by atoms with E-state index in [4.69, 9.17) is 0 Å².